The molecule has 7 rings (SSSR count). The number of amidine groups is 1. The van der Waals surface area contributed by atoms with Crippen LogP contribution in [0.3, 0.4) is 0 Å². The fourth-order valence-electron chi connectivity index (χ4n) is 6.46. The van der Waals surface area contributed by atoms with E-state index >= 15 is 0 Å². The molecule has 0 aliphatic heterocycles. The number of nitrogens with one attached hydrogen (secondary N) is 2. The van der Waals surface area contributed by atoms with Crippen molar-refractivity contribution in [3.63, 3.8) is 0 Å². The lowest BCUT2D eigenvalue weighted by molar-refractivity contribution is 1.18. The summed E-state index contributed by atoms with van der Waals surface area (Å²) in [5.74, 6) is 0.0410. The Kier molecular flexibility index (Phi) is 8.40. The molecule has 0 saturated carbocycles. The minimum atomic E-state index is 0.0410. The summed E-state index contributed by atoms with van der Waals surface area (Å²) in [5.41, 5.74) is 17.7. The molecule has 49 heavy (non-hydrogen) atoms. The number of benzene rings is 6. The topological polar surface area (TPSA) is 70.1 Å². The predicted octanol–water partition coefficient (Wildman–Crippen LogP) is 11.5. The van der Waals surface area contributed by atoms with Crippen LogP contribution >= 0.6 is 0 Å². The maximum atomic E-state index is 7.93. The van der Waals surface area contributed by atoms with Gasteiger partial charge in [-0.25, -0.2) is 0 Å². The third-order valence-corrected chi connectivity index (χ3v) is 8.78. The van der Waals surface area contributed by atoms with Crippen molar-refractivity contribution in [3.8, 4) is 5.69 Å². The summed E-state index contributed by atoms with van der Waals surface area (Å²) in [6, 6.07) is 47.9. The highest BCUT2D eigenvalue weighted by Crippen LogP contribution is 2.42. The molecule has 0 saturated heterocycles. The molecule has 0 atom stereocenters. The zero-order chi connectivity index (χ0) is 33.9. The molecule has 0 fully saturated rings. The third kappa shape index (κ3) is 5.90. The number of nitrogens with zero attached hydrogens (tertiary/aromatic N) is 2. The van der Waals surface area contributed by atoms with E-state index in [1.54, 1.807) is 0 Å². The van der Waals surface area contributed by atoms with Crippen LogP contribution in [0.15, 0.2) is 165 Å². The van der Waals surface area contributed by atoms with Crippen LogP contribution in [0.4, 0.5) is 28.4 Å². The molecule has 1 heterocycles. The maximum absolute atomic E-state index is 7.93. The number of rotatable bonds is 10. The van der Waals surface area contributed by atoms with Crippen molar-refractivity contribution in [2.45, 2.75) is 6.92 Å². The van der Waals surface area contributed by atoms with Gasteiger partial charge in [0.15, 0.2) is 0 Å². The molecule has 0 aliphatic rings. The molecule has 7 aromatic rings. The number of hydrogen-bond donors (Lipinski definition) is 3. The van der Waals surface area contributed by atoms with Crippen LogP contribution in [0.25, 0.3) is 39.1 Å². The first-order valence-electron chi connectivity index (χ1n) is 16.2. The van der Waals surface area contributed by atoms with E-state index in [1.807, 2.05) is 73.7 Å². The molecular weight excluding hydrogens is 599 g/mol. The molecule has 0 aliphatic carbocycles. The van der Waals surface area contributed by atoms with E-state index in [1.165, 1.54) is 0 Å². The predicted molar refractivity (Wildman–Crippen MR) is 210 cm³/mol. The highest BCUT2D eigenvalue weighted by Gasteiger charge is 2.20. The quantitative estimate of drug-likeness (QED) is 0.0795. The Hall–Kier alpha value is -6.59. The Labute approximate surface area is 287 Å². The van der Waals surface area contributed by atoms with Crippen LogP contribution in [0.2, 0.25) is 0 Å². The summed E-state index contributed by atoms with van der Waals surface area (Å²) in [6.07, 6.45) is 5.96. The Morgan fingerprint density at radius 3 is 1.96 bits per heavy atom. The first-order chi connectivity index (χ1) is 24.0. The average Bonchev–Trinajstić information content (AvgIpc) is 3.47. The molecule has 6 aromatic carbocycles. The van der Waals surface area contributed by atoms with Gasteiger partial charge in [0, 0.05) is 56.0 Å². The van der Waals surface area contributed by atoms with Gasteiger partial charge < -0.3 is 20.5 Å². The SMILES string of the molecule is C=Cc1c(Nc2ccccc2)ccc2c3cc(N(c4ccc(C(=C)/C=C\C)cc4)c4ccc(C(=N)N)cc4)ccc3n(-c3ccccc3)c12. The Morgan fingerprint density at radius 1 is 0.735 bits per heavy atom. The van der Waals surface area contributed by atoms with Crippen LogP contribution in [-0.4, -0.2) is 10.4 Å². The van der Waals surface area contributed by atoms with E-state index in [2.05, 4.69) is 119 Å². The molecule has 4 N–H and O–H groups in total. The second kappa shape index (κ2) is 13.3. The van der Waals surface area contributed by atoms with Crippen LogP contribution in [0, 0.1) is 5.41 Å². The van der Waals surface area contributed by atoms with Crippen LogP contribution in [0.1, 0.15) is 23.6 Å². The van der Waals surface area contributed by atoms with Gasteiger partial charge in [-0.2, -0.15) is 0 Å². The van der Waals surface area contributed by atoms with Crippen LogP contribution < -0.4 is 16.0 Å². The zero-order valence-electron chi connectivity index (χ0n) is 27.4. The third-order valence-electron chi connectivity index (χ3n) is 8.78. The van der Waals surface area contributed by atoms with Gasteiger partial charge in [-0.1, -0.05) is 86.0 Å². The van der Waals surface area contributed by atoms with E-state index in [-0.39, 0.29) is 5.84 Å². The number of fused-ring (bicyclic) bond motifs is 3. The molecule has 0 bridgehead atoms. The Balaban J connectivity index is 1.45. The minimum Gasteiger partial charge on any atom is -0.384 e. The van der Waals surface area contributed by atoms with E-state index in [9.17, 15) is 0 Å². The van der Waals surface area contributed by atoms with Crippen molar-refractivity contribution >= 4 is 67.7 Å². The molecule has 0 amide bonds. The van der Waals surface area contributed by atoms with Gasteiger partial charge in [0.1, 0.15) is 5.84 Å². The second-order valence-electron chi connectivity index (χ2n) is 11.9. The molecule has 0 unspecified atom stereocenters. The van der Waals surface area contributed by atoms with Gasteiger partial charge >= 0.3 is 0 Å². The summed E-state index contributed by atoms with van der Waals surface area (Å²) in [4.78, 5) is 2.23. The lowest BCUT2D eigenvalue weighted by Gasteiger charge is -2.26. The lowest BCUT2D eigenvalue weighted by Crippen LogP contribution is -2.13. The molecule has 5 heteroatoms. The van der Waals surface area contributed by atoms with Gasteiger partial charge in [0.25, 0.3) is 0 Å². The number of aromatic nitrogens is 1. The molecule has 1 aromatic heterocycles. The summed E-state index contributed by atoms with van der Waals surface area (Å²) < 4.78 is 2.33. The van der Waals surface area contributed by atoms with E-state index in [4.69, 9.17) is 11.1 Å². The highest BCUT2D eigenvalue weighted by molar-refractivity contribution is 6.14. The summed E-state index contributed by atoms with van der Waals surface area (Å²) in [6.45, 7) is 10.5. The fourth-order valence-corrected chi connectivity index (χ4v) is 6.46. The van der Waals surface area contributed by atoms with Gasteiger partial charge in [-0.15, -0.1) is 0 Å². The van der Waals surface area contributed by atoms with E-state index in [0.717, 1.165) is 72.6 Å². The van der Waals surface area contributed by atoms with E-state index in [0.29, 0.717) is 5.56 Å². The van der Waals surface area contributed by atoms with Gasteiger partial charge in [0.2, 0.25) is 0 Å². The van der Waals surface area contributed by atoms with Crippen molar-refractivity contribution in [2.75, 3.05) is 10.2 Å². The maximum Gasteiger partial charge on any atom is 0.122 e. The zero-order valence-corrected chi connectivity index (χ0v) is 27.4. The number of nitrogens with two attached hydrogens (primary N) is 1. The van der Waals surface area contributed by atoms with Gasteiger partial charge in [-0.3, -0.25) is 5.41 Å². The standard InChI is InChI=1S/C44H37N5/c1-4-12-30(3)31-17-21-35(22-18-31)48(36-23-19-32(20-24-36)44(45)46)37-25-28-42-40(29-37)39-26-27-41(47-33-13-8-6-9-14-33)38(5-2)43(39)49(42)34-15-10-7-11-16-34/h4-29,47H,2-3H2,1H3,(H3,45,46)/b12-4-. The van der Waals surface area contributed by atoms with Crippen molar-refractivity contribution < 1.29 is 0 Å². The first kappa shape index (κ1) is 31.0. The fraction of sp³-hybridized carbons (Fsp3) is 0.0227. The number of hydrogen-bond acceptors (Lipinski definition) is 3. The minimum absolute atomic E-state index is 0.0410. The Morgan fingerprint density at radius 2 is 1.35 bits per heavy atom. The number of allylic oxidation sites excluding steroid dienone is 3. The highest BCUT2D eigenvalue weighted by atomic mass is 15.1. The van der Waals surface area contributed by atoms with Crippen molar-refractivity contribution in [3.05, 3.63) is 182 Å². The number of para-hydroxylation sites is 2. The summed E-state index contributed by atoms with van der Waals surface area (Å²) >= 11 is 0. The van der Waals surface area contributed by atoms with Crippen molar-refractivity contribution in [2.24, 2.45) is 5.73 Å². The smallest absolute Gasteiger partial charge is 0.122 e. The molecule has 0 radical (unpaired) electrons. The average molecular weight is 636 g/mol. The van der Waals surface area contributed by atoms with Crippen LogP contribution in [0.5, 0.6) is 0 Å². The van der Waals surface area contributed by atoms with Gasteiger partial charge in [0.05, 0.1) is 11.0 Å². The second-order valence-corrected chi connectivity index (χ2v) is 11.9. The van der Waals surface area contributed by atoms with E-state index < -0.39 is 0 Å². The molecule has 5 nitrogen and oxygen atoms in total. The van der Waals surface area contributed by atoms with Crippen molar-refractivity contribution in [1.82, 2.24) is 4.57 Å². The van der Waals surface area contributed by atoms with Crippen molar-refractivity contribution in [1.29, 1.82) is 5.41 Å². The van der Waals surface area contributed by atoms with Crippen LogP contribution in [-0.2, 0) is 0 Å². The Bertz CT molecular complexity index is 2350. The lowest BCUT2D eigenvalue weighted by atomic mass is 10.0. The number of nitrogen functional groups attached to an aromatic ring is 1. The molecule has 0 spiro atoms. The van der Waals surface area contributed by atoms with Gasteiger partial charge in [-0.05, 0) is 103 Å². The largest absolute Gasteiger partial charge is 0.384 e. The number of anilines is 5. The summed E-state index contributed by atoms with van der Waals surface area (Å²) in [7, 11) is 0. The molecular formula is C44H37N5. The first-order valence-corrected chi connectivity index (χ1v) is 16.2. The molecule has 238 valence electrons. The summed E-state index contributed by atoms with van der Waals surface area (Å²) in [5, 5.41) is 13.8. The normalized spacial score (nSPS) is 11.2. The monoisotopic (exact) mass is 635 g/mol.